The minimum Gasteiger partial charge on any atom is -0.545 e. The second-order valence-corrected chi connectivity index (χ2v) is 4.20. The van der Waals surface area contributed by atoms with Crippen LogP contribution in [0.5, 0.6) is 0 Å². The third-order valence-corrected chi connectivity index (χ3v) is 1.10. The Hall–Kier alpha value is 0.0800. The zero-order chi connectivity index (χ0) is 8.36. The van der Waals surface area contributed by atoms with Gasteiger partial charge in [-0.05, 0) is 5.57 Å². The number of carbonyl (C=O) groups is 1. The van der Waals surface area contributed by atoms with Crippen LogP contribution in [-0.2, 0) is 4.79 Å². The summed E-state index contributed by atoms with van der Waals surface area (Å²) in [6.07, 6.45) is -0.222. The third-order valence-electron chi connectivity index (χ3n) is 0.703. The lowest BCUT2D eigenvalue weighted by atomic mass is 10.2. The number of halogens is 3. The van der Waals surface area contributed by atoms with E-state index < -0.39 is 9.76 Å². The fourth-order valence-electron chi connectivity index (χ4n) is 0.314. The molecule has 0 aliphatic rings. The highest BCUT2D eigenvalue weighted by Crippen LogP contribution is 2.32. The van der Waals surface area contributed by atoms with Crippen molar-refractivity contribution in [2.24, 2.45) is 0 Å². The molecule has 0 aromatic heterocycles. The maximum Gasteiger partial charge on any atom is 0.194 e. The van der Waals surface area contributed by atoms with Crippen LogP contribution in [0.3, 0.4) is 0 Å². The van der Waals surface area contributed by atoms with Crippen LogP contribution in [0.1, 0.15) is 6.42 Å². The largest absolute Gasteiger partial charge is 0.545 e. The van der Waals surface area contributed by atoms with E-state index in [9.17, 15) is 9.90 Å². The summed E-state index contributed by atoms with van der Waals surface area (Å²) in [4.78, 5) is 9.99. The predicted octanol–water partition coefficient (Wildman–Crippen LogP) is 1.05. The molecule has 5 heteroatoms. The first-order valence-electron chi connectivity index (χ1n) is 2.29. The predicted molar refractivity (Wildman–Crippen MR) is 39.1 cm³/mol. The molecular weight excluding hydrogens is 198 g/mol. The van der Waals surface area contributed by atoms with Gasteiger partial charge in [0.25, 0.3) is 0 Å². The molecule has 58 valence electrons. The smallest absolute Gasteiger partial charge is 0.194 e. The lowest BCUT2D eigenvalue weighted by Crippen LogP contribution is -2.26. The van der Waals surface area contributed by atoms with Gasteiger partial charge in [-0.25, -0.2) is 0 Å². The minimum atomic E-state index is -1.60. The molecule has 0 fully saturated rings. The molecule has 0 spiro atoms. The number of hydrogen-bond donors (Lipinski definition) is 0. The molecule has 0 saturated carbocycles. The van der Waals surface area contributed by atoms with E-state index >= 15 is 0 Å². The fraction of sp³-hybridized carbons (Fsp3) is 0.400. The van der Waals surface area contributed by atoms with Gasteiger partial charge in [-0.1, -0.05) is 41.4 Å². The Labute approximate surface area is 73.4 Å². The highest BCUT2D eigenvalue weighted by Gasteiger charge is 2.20. The summed E-state index contributed by atoms with van der Waals surface area (Å²) in [6.45, 7) is 3.12. The summed E-state index contributed by atoms with van der Waals surface area (Å²) in [7, 11) is 0. The monoisotopic (exact) mass is 201 g/mol. The van der Waals surface area contributed by atoms with E-state index in [0.29, 0.717) is 0 Å². The van der Waals surface area contributed by atoms with Crippen molar-refractivity contribution in [3.8, 4) is 0 Å². The topological polar surface area (TPSA) is 40.1 Å². The van der Waals surface area contributed by atoms with E-state index in [0.717, 1.165) is 0 Å². The Morgan fingerprint density at radius 2 is 1.90 bits per heavy atom. The summed E-state index contributed by atoms with van der Waals surface area (Å²) in [5.41, 5.74) is -0.222. The molecule has 0 N–H and O–H groups in total. The van der Waals surface area contributed by atoms with Gasteiger partial charge in [0.1, 0.15) is 0 Å². The third kappa shape index (κ3) is 4.91. The van der Waals surface area contributed by atoms with Gasteiger partial charge >= 0.3 is 0 Å². The zero-order valence-electron chi connectivity index (χ0n) is 4.86. The summed E-state index contributed by atoms with van der Waals surface area (Å²) < 4.78 is -1.60. The van der Waals surface area contributed by atoms with Crippen molar-refractivity contribution in [2.75, 3.05) is 0 Å². The molecular formula is C5H4Cl3O2-. The summed E-state index contributed by atoms with van der Waals surface area (Å²) in [6, 6.07) is 0. The first-order valence-corrected chi connectivity index (χ1v) is 3.42. The Morgan fingerprint density at radius 3 is 2.00 bits per heavy atom. The van der Waals surface area contributed by atoms with Gasteiger partial charge in [-0.15, -0.1) is 0 Å². The van der Waals surface area contributed by atoms with Crippen LogP contribution in [0, 0.1) is 0 Å². The zero-order valence-corrected chi connectivity index (χ0v) is 7.13. The first kappa shape index (κ1) is 10.1. The van der Waals surface area contributed by atoms with Gasteiger partial charge in [0, 0.05) is 6.42 Å². The van der Waals surface area contributed by atoms with E-state index in [2.05, 4.69) is 6.58 Å². The van der Waals surface area contributed by atoms with E-state index in [-0.39, 0.29) is 12.0 Å². The highest BCUT2D eigenvalue weighted by molar-refractivity contribution is 6.67. The van der Waals surface area contributed by atoms with Gasteiger partial charge in [0.2, 0.25) is 0 Å². The molecule has 0 bridgehead atoms. The van der Waals surface area contributed by atoms with E-state index in [1.807, 2.05) is 0 Å². The van der Waals surface area contributed by atoms with Crippen LogP contribution in [0.4, 0.5) is 0 Å². The molecule has 0 aromatic rings. The SMILES string of the molecule is C=C(CC(Cl)(Cl)Cl)C(=O)[O-]. The van der Waals surface area contributed by atoms with Crippen molar-refractivity contribution in [3.05, 3.63) is 12.2 Å². The van der Waals surface area contributed by atoms with E-state index in [1.54, 1.807) is 0 Å². The van der Waals surface area contributed by atoms with Crippen molar-refractivity contribution in [1.29, 1.82) is 0 Å². The second-order valence-electron chi connectivity index (χ2n) is 1.68. The summed E-state index contributed by atoms with van der Waals surface area (Å²) in [5, 5.41) is 9.99. The minimum absolute atomic E-state index is 0.222. The lowest BCUT2D eigenvalue weighted by Gasteiger charge is -2.12. The lowest BCUT2D eigenvalue weighted by molar-refractivity contribution is -0.299. The maximum atomic E-state index is 9.99. The number of carboxylic acid groups (broad SMARTS) is 1. The molecule has 2 nitrogen and oxygen atoms in total. The molecule has 0 aliphatic heterocycles. The fourth-order valence-corrected chi connectivity index (χ4v) is 0.798. The van der Waals surface area contributed by atoms with Crippen LogP contribution in [0.25, 0.3) is 0 Å². The van der Waals surface area contributed by atoms with Crippen LogP contribution < -0.4 is 5.11 Å². The van der Waals surface area contributed by atoms with Gasteiger partial charge in [0.05, 0.1) is 5.97 Å². The standard InChI is InChI=1S/C5H5Cl3O2/c1-3(4(9)10)2-5(6,7)8/h1-2H2,(H,9,10)/p-1. The number of carboxylic acids is 1. The molecule has 0 unspecified atom stereocenters. The normalized spacial score (nSPS) is 11.1. The Morgan fingerprint density at radius 1 is 1.50 bits per heavy atom. The Bertz CT molecular complexity index is 159. The number of aliphatic carboxylic acids is 1. The van der Waals surface area contributed by atoms with Crippen molar-refractivity contribution in [3.63, 3.8) is 0 Å². The average Bonchev–Trinajstić information content (AvgIpc) is 1.60. The number of rotatable bonds is 2. The molecule has 0 amide bonds. The number of alkyl halides is 3. The molecule has 0 saturated heterocycles. The molecule has 0 radical (unpaired) electrons. The Kier molecular flexibility index (Phi) is 3.49. The number of hydrogen-bond acceptors (Lipinski definition) is 2. The van der Waals surface area contributed by atoms with Crippen LogP contribution >= 0.6 is 34.8 Å². The van der Waals surface area contributed by atoms with Gasteiger partial charge < -0.3 is 9.90 Å². The van der Waals surface area contributed by atoms with Gasteiger partial charge in [-0.3, -0.25) is 0 Å². The summed E-state index contributed by atoms with van der Waals surface area (Å²) >= 11 is 15.8. The molecule has 0 aliphatic carbocycles. The average molecular weight is 202 g/mol. The van der Waals surface area contributed by atoms with Gasteiger partial charge in [-0.2, -0.15) is 0 Å². The molecule has 0 atom stereocenters. The molecule has 10 heavy (non-hydrogen) atoms. The maximum absolute atomic E-state index is 9.99. The summed E-state index contributed by atoms with van der Waals surface area (Å²) in [5.74, 6) is -1.40. The second kappa shape index (κ2) is 3.46. The molecule has 0 aromatic carbocycles. The Balaban J connectivity index is 3.93. The van der Waals surface area contributed by atoms with Crippen molar-refractivity contribution >= 4 is 40.8 Å². The molecule has 0 rings (SSSR count). The van der Waals surface area contributed by atoms with Crippen LogP contribution in [0.15, 0.2) is 12.2 Å². The van der Waals surface area contributed by atoms with Crippen LogP contribution in [0.2, 0.25) is 0 Å². The number of carbonyl (C=O) groups excluding carboxylic acids is 1. The highest BCUT2D eigenvalue weighted by atomic mass is 35.6. The van der Waals surface area contributed by atoms with Crippen LogP contribution in [-0.4, -0.2) is 9.76 Å². The molecule has 0 heterocycles. The van der Waals surface area contributed by atoms with E-state index in [1.165, 1.54) is 0 Å². The van der Waals surface area contributed by atoms with Crippen molar-refractivity contribution in [2.45, 2.75) is 10.2 Å². The van der Waals surface area contributed by atoms with Gasteiger partial charge in [0.15, 0.2) is 3.79 Å². The quantitative estimate of drug-likeness (QED) is 0.496. The first-order chi connectivity index (χ1) is 4.33. The van der Waals surface area contributed by atoms with Crippen molar-refractivity contribution in [1.82, 2.24) is 0 Å². The van der Waals surface area contributed by atoms with Crippen molar-refractivity contribution < 1.29 is 9.90 Å². The van der Waals surface area contributed by atoms with E-state index in [4.69, 9.17) is 34.8 Å².